The van der Waals surface area contributed by atoms with Gasteiger partial charge in [-0.2, -0.15) is 0 Å². The normalized spacial score (nSPS) is 10.9. The first kappa shape index (κ1) is 28.0. The van der Waals surface area contributed by atoms with Crippen LogP contribution in [-0.4, -0.2) is 43.9 Å². The van der Waals surface area contributed by atoms with Gasteiger partial charge in [0.1, 0.15) is 13.2 Å². The first-order valence-corrected chi connectivity index (χ1v) is 11.9. The van der Waals surface area contributed by atoms with Gasteiger partial charge in [-0.15, -0.1) is 0 Å². The van der Waals surface area contributed by atoms with Crippen molar-refractivity contribution < 1.29 is 33.3 Å². The highest BCUT2D eigenvalue weighted by Crippen LogP contribution is 2.14. The standard InChI is InChI=1S/C27H35NO7/c1-3-32-26(33-4-2)15-16-28-27(31)23(17-24(29)34-19-21-11-7-5-8-12-21)18-25(30)35-20-22-13-9-6-10-14-22/h5-14,23,26H,3-4,15-20H2,1-2H3,(H,28,31). The Morgan fingerprint density at radius 1 is 0.743 bits per heavy atom. The molecule has 0 spiro atoms. The minimum Gasteiger partial charge on any atom is -0.461 e. The highest BCUT2D eigenvalue weighted by atomic mass is 16.7. The van der Waals surface area contributed by atoms with Gasteiger partial charge in [-0.1, -0.05) is 60.7 Å². The second-order valence-electron chi connectivity index (χ2n) is 7.82. The Bertz CT molecular complexity index is 825. The van der Waals surface area contributed by atoms with Gasteiger partial charge in [-0.05, 0) is 25.0 Å². The number of esters is 2. The Labute approximate surface area is 206 Å². The molecule has 0 aliphatic rings. The van der Waals surface area contributed by atoms with Crippen molar-refractivity contribution in [2.45, 2.75) is 52.6 Å². The largest absolute Gasteiger partial charge is 0.461 e. The van der Waals surface area contributed by atoms with Crippen LogP contribution in [0.15, 0.2) is 60.7 Å². The van der Waals surface area contributed by atoms with Crippen LogP contribution in [-0.2, 0) is 46.5 Å². The summed E-state index contributed by atoms with van der Waals surface area (Å²) >= 11 is 0. The Balaban J connectivity index is 1.92. The average Bonchev–Trinajstić information content (AvgIpc) is 2.87. The zero-order valence-electron chi connectivity index (χ0n) is 20.4. The van der Waals surface area contributed by atoms with E-state index in [4.69, 9.17) is 18.9 Å². The highest BCUT2D eigenvalue weighted by Gasteiger charge is 2.26. The Morgan fingerprint density at radius 3 is 1.63 bits per heavy atom. The van der Waals surface area contributed by atoms with E-state index in [9.17, 15) is 14.4 Å². The molecule has 0 radical (unpaired) electrons. The zero-order chi connectivity index (χ0) is 25.3. The molecule has 1 N–H and O–H groups in total. The van der Waals surface area contributed by atoms with E-state index in [-0.39, 0.29) is 32.6 Å². The van der Waals surface area contributed by atoms with Crippen molar-refractivity contribution in [2.75, 3.05) is 19.8 Å². The molecule has 1 amide bonds. The summed E-state index contributed by atoms with van der Waals surface area (Å²) in [4.78, 5) is 37.8. The summed E-state index contributed by atoms with van der Waals surface area (Å²) in [5.74, 6) is -2.47. The molecule has 2 aromatic carbocycles. The van der Waals surface area contributed by atoms with E-state index >= 15 is 0 Å². The molecule has 0 aliphatic carbocycles. The number of amides is 1. The van der Waals surface area contributed by atoms with Crippen LogP contribution in [0.2, 0.25) is 0 Å². The lowest BCUT2D eigenvalue weighted by Crippen LogP contribution is -2.36. The zero-order valence-corrected chi connectivity index (χ0v) is 20.4. The van der Waals surface area contributed by atoms with Gasteiger partial charge in [0.2, 0.25) is 5.91 Å². The molecule has 0 heterocycles. The Hall–Kier alpha value is -3.23. The van der Waals surface area contributed by atoms with Gasteiger partial charge in [-0.3, -0.25) is 14.4 Å². The first-order chi connectivity index (χ1) is 17.0. The predicted octanol–water partition coefficient (Wildman–Crippen LogP) is 3.78. The van der Waals surface area contributed by atoms with Crippen molar-refractivity contribution in [1.82, 2.24) is 5.32 Å². The maximum atomic E-state index is 12.9. The summed E-state index contributed by atoms with van der Waals surface area (Å²) in [6.45, 7) is 5.17. The third-order valence-electron chi connectivity index (χ3n) is 5.07. The number of ether oxygens (including phenoxy) is 4. The minimum absolute atomic E-state index is 0.0941. The molecule has 190 valence electrons. The van der Waals surface area contributed by atoms with Gasteiger partial charge in [0.25, 0.3) is 0 Å². The molecule has 8 heteroatoms. The average molecular weight is 486 g/mol. The Kier molecular flexibility index (Phi) is 13.1. The number of nitrogens with one attached hydrogen (secondary N) is 1. The maximum absolute atomic E-state index is 12.9. The molecule has 2 rings (SSSR count). The van der Waals surface area contributed by atoms with Gasteiger partial charge in [0.15, 0.2) is 6.29 Å². The summed E-state index contributed by atoms with van der Waals surface area (Å²) in [6.07, 6.45) is -0.467. The van der Waals surface area contributed by atoms with Crippen LogP contribution in [0.5, 0.6) is 0 Å². The van der Waals surface area contributed by atoms with Crippen LogP contribution in [0.25, 0.3) is 0 Å². The van der Waals surface area contributed by atoms with Crippen molar-refractivity contribution in [3.8, 4) is 0 Å². The molecule has 0 saturated heterocycles. The van der Waals surface area contributed by atoms with Gasteiger partial charge < -0.3 is 24.3 Å². The smallest absolute Gasteiger partial charge is 0.306 e. The quantitative estimate of drug-likeness (QED) is 0.285. The van der Waals surface area contributed by atoms with E-state index in [0.717, 1.165) is 11.1 Å². The van der Waals surface area contributed by atoms with Crippen molar-refractivity contribution in [1.29, 1.82) is 0 Å². The number of hydrogen-bond acceptors (Lipinski definition) is 7. The van der Waals surface area contributed by atoms with E-state index in [1.165, 1.54) is 0 Å². The van der Waals surface area contributed by atoms with Gasteiger partial charge in [-0.25, -0.2) is 0 Å². The van der Waals surface area contributed by atoms with Gasteiger partial charge >= 0.3 is 11.9 Å². The highest BCUT2D eigenvalue weighted by molar-refractivity contribution is 5.87. The molecular formula is C27H35NO7. The summed E-state index contributed by atoms with van der Waals surface area (Å²) < 4.78 is 21.6. The third-order valence-corrected chi connectivity index (χ3v) is 5.07. The molecule has 35 heavy (non-hydrogen) atoms. The summed E-state index contributed by atoms with van der Waals surface area (Å²) in [7, 11) is 0. The first-order valence-electron chi connectivity index (χ1n) is 11.9. The van der Waals surface area contributed by atoms with Crippen LogP contribution in [0.1, 0.15) is 44.2 Å². The van der Waals surface area contributed by atoms with E-state index in [2.05, 4.69) is 5.32 Å². The van der Waals surface area contributed by atoms with Crippen LogP contribution in [0, 0.1) is 5.92 Å². The van der Waals surface area contributed by atoms with Gasteiger partial charge in [0.05, 0.1) is 18.8 Å². The third kappa shape index (κ3) is 11.6. The van der Waals surface area contributed by atoms with E-state index in [1.807, 2.05) is 74.5 Å². The van der Waals surface area contributed by atoms with Crippen LogP contribution < -0.4 is 5.32 Å². The maximum Gasteiger partial charge on any atom is 0.306 e. The number of benzene rings is 2. The molecule has 8 nitrogen and oxygen atoms in total. The van der Waals surface area contributed by atoms with E-state index in [1.54, 1.807) is 0 Å². The SMILES string of the molecule is CCOC(CCNC(=O)C(CC(=O)OCc1ccccc1)CC(=O)OCc1ccccc1)OCC. The molecule has 0 aliphatic heterocycles. The van der Waals surface area contributed by atoms with Gasteiger partial charge in [0, 0.05) is 26.2 Å². The summed E-state index contributed by atoms with van der Waals surface area (Å²) in [5, 5.41) is 2.77. The fraction of sp³-hybridized carbons (Fsp3) is 0.444. The molecule has 0 fully saturated rings. The monoisotopic (exact) mass is 485 g/mol. The summed E-state index contributed by atoms with van der Waals surface area (Å²) in [5.41, 5.74) is 1.67. The molecule has 2 aromatic rings. The number of rotatable bonds is 16. The minimum atomic E-state index is -0.917. The second kappa shape index (κ2) is 16.4. The Morgan fingerprint density at radius 2 is 1.20 bits per heavy atom. The van der Waals surface area contributed by atoms with Crippen molar-refractivity contribution in [3.05, 3.63) is 71.8 Å². The lowest BCUT2D eigenvalue weighted by Gasteiger charge is -2.19. The fourth-order valence-corrected chi connectivity index (χ4v) is 3.30. The van der Waals surface area contributed by atoms with Crippen molar-refractivity contribution >= 4 is 17.8 Å². The van der Waals surface area contributed by atoms with E-state index in [0.29, 0.717) is 19.6 Å². The number of hydrogen-bond donors (Lipinski definition) is 1. The molecule has 0 unspecified atom stereocenters. The van der Waals surface area contributed by atoms with Crippen LogP contribution in [0.3, 0.4) is 0 Å². The molecule has 0 atom stereocenters. The molecule has 0 bridgehead atoms. The predicted molar refractivity (Wildman–Crippen MR) is 130 cm³/mol. The molecule has 0 saturated carbocycles. The lowest BCUT2D eigenvalue weighted by molar-refractivity contribution is -0.152. The van der Waals surface area contributed by atoms with Crippen LogP contribution in [0.4, 0.5) is 0 Å². The molecule has 0 aromatic heterocycles. The van der Waals surface area contributed by atoms with Crippen molar-refractivity contribution in [3.63, 3.8) is 0 Å². The second-order valence-corrected chi connectivity index (χ2v) is 7.82. The van der Waals surface area contributed by atoms with Crippen molar-refractivity contribution in [2.24, 2.45) is 5.92 Å². The van der Waals surface area contributed by atoms with Crippen LogP contribution >= 0.6 is 0 Å². The lowest BCUT2D eigenvalue weighted by atomic mass is 10.0. The summed E-state index contributed by atoms with van der Waals surface area (Å²) in [6, 6.07) is 18.5. The number of carbonyl (C=O) groups is 3. The van der Waals surface area contributed by atoms with E-state index < -0.39 is 30.1 Å². The topological polar surface area (TPSA) is 100 Å². The number of carbonyl (C=O) groups excluding carboxylic acids is 3. The fourth-order valence-electron chi connectivity index (χ4n) is 3.30. The molecular weight excluding hydrogens is 450 g/mol.